The average Bonchev–Trinajstić information content (AvgIpc) is 3.60. The standard InChI is InChI=1S/C29H41N7O5/c1-5-17(4)25(30)28(39)35-23(11-18-13-32-21-9-7-6-8-20(18)21)27(38)34-22(10-16(2)3)26(37)36-24(29(40)41)12-19-14-31-15-33-19/h6-9,13-17,22-25,32H,5,10-12,30H2,1-4H3,(H,31,33)(H,34,38)(H,35,39)(H,36,37)(H,40,41). The van der Waals surface area contributed by atoms with Gasteiger partial charge < -0.3 is 36.8 Å². The molecule has 8 N–H and O–H groups in total. The van der Waals surface area contributed by atoms with Gasteiger partial charge in [0.05, 0.1) is 12.4 Å². The molecule has 0 spiro atoms. The Kier molecular flexibility index (Phi) is 11.0. The zero-order valence-electron chi connectivity index (χ0n) is 23.9. The number of carboxylic acids is 1. The Bertz CT molecular complexity index is 1320. The number of carbonyl (C=O) groups is 4. The van der Waals surface area contributed by atoms with Crippen LogP contribution in [0.1, 0.15) is 51.8 Å². The van der Waals surface area contributed by atoms with Gasteiger partial charge in [0, 0.05) is 41.8 Å². The van der Waals surface area contributed by atoms with Crippen LogP contribution in [-0.2, 0) is 32.0 Å². The average molecular weight is 568 g/mol. The molecule has 3 amide bonds. The number of nitrogens with zero attached hydrogens (tertiary/aromatic N) is 1. The maximum absolute atomic E-state index is 13.7. The van der Waals surface area contributed by atoms with Crippen LogP contribution in [0.5, 0.6) is 0 Å². The molecule has 3 aromatic rings. The minimum absolute atomic E-state index is 0.00224. The molecule has 0 saturated carbocycles. The first-order chi connectivity index (χ1) is 19.5. The number of aromatic amines is 2. The highest BCUT2D eigenvalue weighted by Crippen LogP contribution is 2.20. The number of aromatic nitrogens is 3. The maximum atomic E-state index is 13.7. The highest BCUT2D eigenvalue weighted by Gasteiger charge is 2.32. The predicted molar refractivity (Wildman–Crippen MR) is 155 cm³/mol. The molecule has 0 aliphatic rings. The second-order valence-corrected chi connectivity index (χ2v) is 10.9. The number of para-hydroxylation sites is 1. The van der Waals surface area contributed by atoms with Gasteiger partial charge in [0.1, 0.15) is 18.1 Å². The smallest absolute Gasteiger partial charge is 0.326 e. The van der Waals surface area contributed by atoms with E-state index in [0.29, 0.717) is 12.1 Å². The Morgan fingerprint density at radius 1 is 0.927 bits per heavy atom. The van der Waals surface area contributed by atoms with Crippen LogP contribution in [-0.4, -0.2) is 67.9 Å². The van der Waals surface area contributed by atoms with Gasteiger partial charge in [-0.15, -0.1) is 0 Å². The summed E-state index contributed by atoms with van der Waals surface area (Å²) in [4.78, 5) is 61.8. The number of hydrogen-bond donors (Lipinski definition) is 7. The van der Waals surface area contributed by atoms with Crippen LogP contribution in [0.25, 0.3) is 10.9 Å². The number of hydrogen-bond acceptors (Lipinski definition) is 6. The molecule has 5 unspecified atom stereocenters. The zero-order valence-corrected chi connectivity index (χ0v) is 23.9. The summed E-state index contributed by atoms with van der Waals surface area (Å²) in [6.45, 7) is 7.58. The van der Waals surface area contributed by atoms with Crippen molar-refractivity contribution in [3.05, 3.63) is 54.2 Å². The van der Waals surface area contributed by atoms with Gasteiger partial charge >= 0.3 is 5.97 Å². The van der Waals surface area contributed by atoms with Crippen LogP contribution in [0.3, 0.4) is 0 Å². The molecule has 2 aromatic heterocycles. The summed E-state index contributed by atoms with van der Waals surface area (Å²) in [7, 11) is 0. The predicted octanol–water partition coefficient (Wildman–Crippen LogP) is 1.63. The first-order valence-electron chi connectivity index (χ1n) is 13.9. The maximum Gasteiger partial charge on any atom is 0.326 e. The van der Waals surface area contributed by atoms with E-state index in [-0.39, 0.29) is 31.1 Å². The summed E-state index contributed by atoms with van der Waals surface area (Å²) >= 11 is 0. The fraction of sp³-hybridized carbons (Fsp3) is 0.483. The molecule has 0 aliphatic heterocycles. The second-order valence-electron chi connectivity index (χ2n) is 10.9. The van der Waals surface area contributed by atoms with Gasteiger partial charge in [-0.25, -0.2) is 9.78 Å². The van der Waals surface area contributed by atoms with E-state index in [1.165, 1.54) is 12.5 Å². The number of carbonyl (C=O) groups excluding carboxylic acids is 3. The Labute approximate surface area is 239 Å². The van der Waals surface area contributed by atoms with Gasteiger partial charge in [0.2, 0.25) is 17.7 Å². The molecule has 3 rings (SSSR count). The molecule has 0 saturated heterocycles. The van der Waals surface area contributed by atoms with Crippen molar-refractivity contribution >= 4 is 34.6 Å². The van der Waals surface area contributed by atoms with E-state index in [0.717, 1.165) is 16.5 Å². The third-order valence-corrected chi connectivity index (χ3v) is 7.23. The molecule has 0 aliphatic carbocycles. The van der Waals surface area contributed by atoms with Gasteiger partial charge in [0.15, 0.2) is 0 Å². The van der Waals surface area contributed by atoms with Crippen molar-refractivity contribution in [1.82, 2.24) is 30.9 Å². The lowest BCUT2D eigenvalue weighted by atomic mass is 9.97. The number of nitrogens with two attached hydrogens (primary N) is 1. The minimum Gasteiger partial charge on any atom is -0.480 e. The van der Waals surface area contributed by atoms with Crippen molar-refractivity contribution in [2.75, 3.05) is 0 Å². The van der Waals surface area contributed by atoms with E-state index in [1.807, 2.05) is 52.0 Å². The normalized spacial score (nSPS) is 15.1. The van der Waals surface area contributed by atoms with Crippen LogP contribution in [0.4, 0.5) is 0 Å². The molecular formula is C29H41N7O5. The van der Waals surface area contributed by atoms with Crippen molar-refractivity contribution in [3.63, 3.8) is 0 Å². The highest BCUT2D eigenvalue weighted by atomic mass is 16.4. The lowest BCUT2D eigenvalue weighted by molar-refractivity contribution is -0.142. The van der Waals surface area contributed by atoms with Crippen molar-refractivity contribution < 1.29 is 24.3 Å². The van der Waals surface area contributed by atoms with Gasteiger partial charge in [0.25, 0.3) is 0 Å². The lowest BCUT2D eigenvalue weighted by Crippen LogP contribution is -2.58. The molecule has 12 heteroatoms. The molecule has 12 nitrogen and oxygen atoms in total. The van der Waals surface area contributed by atoms with Gasteiger partial charge in [-0.3, -0.25) is 14.4 Å². The Morgan fingerprint density at radius 3 is 2.22 bits per heavy atom. The minimum atomic E-state index is -1.23. The number of fused-ring (bicyclic) bond motifs is 1. The number of carboxylic acid groups (broad SMARTS) is 1. The monoisotopic (exact) mass is 567 g/mol. The highest BCUT2D eigenvalue weighted by molar-refractivity contribution is 5.95. The number of amides is 3. The lowest BCUT2D eigenvalue weighted by Gasteiger charge is -2.27. The van der Waals surface area contributed by atoms with Crippen LogP contribution in [0.15, 0.2) is 43.0 Å². The van der Waals surface area contributed by atoms with Crippen molar-refractivity contribution in [2.45, 2.75) is 77.5 Å². The van der Waals surface area contributed by atoms with Crippen molar-refractivity contribution in [3.8, 4) is 0 Å². The van der Waals surface area contributed by atoms with Crippen LogP contribution < -0.4 is 21.7 Å². The van der Waals surface area contributed by atoms with Gasteiger partial charge in [-0.1, -0.05) is 52.3 Å². The molecule has 1 aromatic carbocycles. The van der Waals surface area contributed by atoms with E-state index >= 15 is 0 Å². The Morgan fingerprint density at radius 2 is 1.59 bits per heavy atom. The van der Waals surface area contributed by atoms with Crippen molar-refractivity contribution in [1.29, 1.82) is 0 Å². The zero-order chi connectivity index (χ0) is 30.1. The summed E-state index contributed by atoms with van der Waals surface area (Å²) < 4.78 is 0. The third-order valence-electron chi connectivity index (χ3n) is 7.23. The summed E-state index contributed by atoms with van der Waals surface area (Å²) in [5.74, 6) is -2.98. The largest absolute Gasteiger partial charge is 0.480 e. The van der Waals surface area contributed by atoms with Gasteiger partial charge in [-0.2, -0.15) is 0 Å². The fourth-order valence-corrected chi connectivity index (χ4v) is 4.57. The summed E-state index contributed by atoms with van der Waals surface area (Å²) in [5.41, 5.74) is 8.40. The van der Waals surface area contributed by atoms with E-state index in [1.54, 1.807) is 6.20 Å². The Balaban J connectivity index is 1.83. The number of aliphatic carboxylic acids is 1. The van der Waals surface area contributed by atoms with E-state index < -0.39 is 47.9 Å². The molecule has 2 heterocycles. The van der Waals surface area contributed by atoms with E-state index in [2.05, 4.69) is 30.9 Å². The second kappa shape index (κ2) is 14.4. The number of rotatable bonds is 15. The molecule has 222 valence electrons. The topological polar surface area (TPSA) is 195 Å². The van der Waals surface area contributed by atoms with Crippen molar-refractivity contribution in [2.24, 2.45) is 17.6 Å². The molecular weight excluding hydrogens is 526 g/mol. The SMILES string of the molecule is CCC(C)C(N)C(=O)NC(Cc1c[nH]c2ccccc12)C(=O)NC(CC(C)C)C(=O)NC(Cc1cnc[nH]1)C(=O)O. The summed E-state index contributed by atoms with van der Waals surface area (Å²) in [6, 6.07) is 3.51. The number of imidazole rings is 1. The van der Waals surface area contributed by atoms with Crippen LogP contribution in [0.2, 0.25) is 0 Å². The number of H-pyrrole nitrogens is 2. The molecule has 0 radical (unpaired) electrons. The third kappa shape index (κ3) is 8.65. The first kappa shape index (κ1) is 31.3. The Hall–Kier alpha value is -4.19. The van der Waals surface area contributed by atoms with Gasteiger partial charge in [-0.05, 0) is 29.9 Å². The first-order valence-corrected chi connectivity index (χ1v) is 13.9. The van der Waals surface area contributed by atoms with Crippen LogP contribution >= 0.6 is 0 Å². The number of nitrogens with one attached hydrogen (secondary N) is 5. The summed E-state index contributed by atoms with van der Waals surface area (Å²) in [6.07, 6.45) is 5.79. The fourth-order valence-electron chi connectivity index (χ4n) is 4.57. The molecule has 0 bridgehead atoms. The quantitative estimate of drug-likeness (QED) is 0.145. The molecule has 41 heavy (non-hydrogen) atoms. The summed E-state index contributed by atoms with van der Waals surface area (Å²) in [5, 5.41) is 18.7. The van der Waals surface area contributed by atoms with E-state index in [9.17, 15) is 24.3 Å². The molecule has 5 atom stereocenters. The van der Waals surface area contributed by atoms with Crippen LogP contribution in [0, 0.1) is 11.8 Å². The molecule has 0 fully saturated rings. The number of benzene rings is 1. The van der Waals surface area contributed by atoms with E-state index in [4.69, 9.17) is 5.73 Å².